The molecule has 5 nitrogen and oxygen atoms in total. The van der Waals surface area contributed by atoms with Crippen molar-refractivity contribution in [1.29, 1.82) is 0 Å². The second-order valence-corrected chi connectivity index (χ2v) is 11.8. The Bertz CT molecular complexity index is 956. The molecular weight excluding hydrogens is 400 g/mol. The van der Waals surface area contributed by atoms with Crippen molar-refractivity contribution in [2.24, 2.45) is 5.73 Å². The van der Waals surface area contributed by atoms with E-state index in [2.05, 4.69) is 4.98 Å². The van der Waals surface area contributed by atoms with E-state index in [0.29, 0.717) is 17.5 Å². The minimum absolute atomic E-state index is 0.105. The van der Waals surface area contributed by atoms with Crippen molar-refractivity contribution in [1.82, 2.24) is 4.98 Å². The van der Waals surface area contributed by atoms with Gasteiger partial charge in [-0.3, -0.25) is 4.79 Å². The Kier molecular flexibility index (Phi) is 6.76. The van der Waals surface area contributed by atoms with Gasteiger partial charge in [-0.05, 0) is 29.1 Å². The van der Waals surface area contributed by atoms with Crippen molar-refractivity contribution >= 4 is 25.7 Å². The molecule has 1 unspecified atom stereocenters. The highest BCUT2D eigenvalue weighted by Crippen LogP contribution is 2.26. The summed E-state index contributed by atoms with van der Waals surface area (Å²) < 4.78 is 0. The van der Waals surface area contributed by atoms with Crippen LogP contribution >= 0.6 is 11.3 Å². The van der Waals surface area contributed by atoms with Gasteiger partial charge in [-0.25, -0.2) is 4.98 Å². The Morgan fingerprint density at radius 1 is 1.10 bits per heavy atom. The number of rotatable bonds is 8. The first-order valence-corrected chi connectivity index (χ1v) is 12.7. The van der Waals surface area contributed by atoms with Crippen LogP contribution in [-0.4, -0.2) is 28.9 Å². The van der Waals surface area contributed by atoms with E-state index >= 15 is 0 Å². The molecule has 29 heavy (non-hydrogen) atoms. The van der Waals surface area contributed by atoms with Gasteiger partial charge in [-0.2, -0.15) is 0 Å². The number of benzene rings is 2. The number of hydrogen-bond acceptors (Lipinski definition) is 6. The van der Waals surface area contributed by atoms with Crippen LogP contribution in [0.1, 0.15) is 40.8 Å². The third-order valence-corrected chi connectivity index (χ3v) is 8.80. The highest BCUT2D eigenvalue weighted by molar-refractivity contribution is 7.12. The Hall–Kier alpha value is -2.16. The molecule has 0 aliphatic carbocycles. The molecule has 0 aliphatic heterocycles. The third kappa shape index (κ3) is 5.26. The maximum absolute atomic E-state index is 12.8. The number of aromatic nitrogens is 1. The first-order valence-electron chi connectivity index (χ1n) is 9.62. The van der Waals surface area contributed by atoms with Gasteiger partial charge >= 0.3 is 8.56 Å². The van der Waals surface area contributed by atoms with E-state index in [0.717, 1.165) is 22.4 Å². The summed E-state index contributed by atoms with van der Waals surface area (Å²) in [6, 6.07) is 16.8. The van der Waals surface area contributed by atoms with Crippen LogP contribution in [0.4, 0.5) is 0 Å². The maximum Gasteiger partial charge on any atom is 0.335 e. The fraction of sp³-hybridized carbons (Fsp3) is 0.273. The van der Waals surface area contributed by atoms with Gasteiger partial charge in [0.05, 0.1) is 11.7 Å². The fourth-order valence-corrected chi connectivity index (χ4v) is 4.96. The van der Waals surface area contributed by atoms with E-state index in [4.69, 9.17) is 5.73 Å². The summed E-state index contributed by atoms with van der Waals surface area (Å²) in [6.07, 6.45) is 0.591. The minimum atomic E-state index is -3.17. The average molecular weight is 427 g/mol. The van der Waals surface area contributed by atoms with Crippen LogP contribution in [-0.2, 0) is 6.42 Å². The summed E-state index contributed by atoms with van der Waals surface area (Å²) in [7, 11) is -3.17. The topological polar surface area (TPSA) is 96.4 Å². The summed E-state index contributed by atoms with van der Waals surface area (Å²) in [5.74, 6) is -0.207. The molecule has 1 heterocycles. The van der Waals surface area contributed by atoms with Crippen molar-refractivity contribution < 1.29 is 14.4 Å². The van der Waals surface area contributed by atoms with Crippen LogP contribution in [0.15, 0.2) is 60.0 Å². The van der Waals surface area contributed by atoms with Gasteiger partial charge in [0, 0.05) is 10.9 Å². The van der Waals surface area contributed by atoms with Crippen molar-refractivity contribution in [2.45, 2.75) is 37.9 Å². The smallest absolute Gasteiger partial charge is 0.335 e. The molecule has 0 saturated heterocycles. The summed E-state index contributed by atoms with van der Waals surface area (Å²) in [5.41, 5.74) is 9.54. The van der Waals surface area contributed by atoms with E-state index in [9.17, 15) is 14.4 Å². The molecule has 3 aromatic rings. The fourth-order valence-electron chi connectivity index (χ4n) is 2.92. The lowest BCUT2D eigenvalue weighted by Crippen LogP contribution is -2.38. The maximum atomic E-state index is 12.8. The van der Waals surface area contributed by atoms with Gasteiger partial charge in [0.15, 0.2) is 5.01 Å². The molecule has 1 aromatic heterocycles. The van der Waals surface area contributed by atoms with Crippen LogP contribution in [0.2, 0.25) is 11.6 Å². The molecule has 0 bridgehead atoms. The first kappa shape index (κ1) is 21.5. The molecule has 4 N–H and O–H groups in total. The quantitative estimate of drug-likeness (QED) is 0.373. The largest absolute Gasteiger partial charge is 0.410 e. The number of thiazole rings is 1. The number of nitrogens with two attached hydrogens (primary N) is 1. The third-order valence-electron chi connectivity index (χ3n) is 5.11. The molecule has 0 fully saturated rings. The molecule has 7 heteroatoms. The predicted molar refractivity (Wildman–Crippen MR) is 119 cm³/mol. The molecule has 152 valence electrons. The lowest BCUT2D eigenvalue weighted by molar-refractivity contribution is 0.0961. The normalized spacial score (nSPS) is 12.9. The number of carbonyl (C=O) groups is 1. The van der Waals surface area contributed by atoms with Gasteiger partial charge in [-0.1, -0.05) is 68.4 Å². The molecule has 1 atom stereocenters. The van der Waals surface area contributed by atoms with Gasteiger partial charge in [0.25, 0.3) is 0 Å². The number of aryl methyl sites for hydroxylation is 1. The number of ketones is 1. The van der Waals surface area contributed by atoms with Crippen LogP contribution in [0.3, 0.4) is 0 Å². The summed E-state index contributed by atoms with van der Waals surface area (Å²) in [4.78, 5) is 37.4. The SMILES string of the molecule is CC(C)[Si](O)(O)CCc1ccc(C(N)C(=O)c2nc(-c3ccccc3)cs2)cc1. The van der Waals surface area contributed by atoms with Gasteiger partial charge in [0.1, 0.15) is 0 Å². The molecule has 2 aromatic carbocycles. The Labute approximate surface area is 176 Å². The molecule has 3 rings (SSSR count). The summed E-state index contributed by atoms with van der Waals surface area (Å²) in [6.45, 7) is 3.67. The van der Waals surface area contributed by atoms with Crippen LogP contribution < -0.4 is 5.73 Å². The highest BCUT2D eigenvalue weighted by Gasteiger charge is 2.32. The zero-order valence-corrected chi connectivity index (χ0v) is 18.4. The van der Waals surface area contributed by atoms with Crippen LogP contribution in [0.25, 0.3) is 11.3 Å². The molecule has 0 radical (unpaired) electrons. The van der Waals surface area contributed by atoms with Gasteiger partial charge in [0.2, 0.25) is 5.78 Å². The number of carbonyl (C=O) groups excluding carboxylic acids is 1. The zero-order valence-electron chi connectivity index (χ0n) is 16.6. The van der Waals surface area contributed by atoms with Crippen LogP contribution in [0, 0.1) is 0 Å². The van der Waals surface area contributed by atoms with E-state index in [1.54, 1.807) is 0 Å². The molecule has 0 aliphatic rings. The molecule has 0 spiro atoms. The minimum Gasteiger partial charge on any atom is -0.410 e. The van der Waals surface area contributed by atoms with E-state index < -0.39 is 14.6 Å². The van der Waals surface area contributed by atoms with Crippen molar-refractivity contribution in [3.8, 4) is 11.3 Å². The molecule has 0 amide bonds. The second-order valence-electron chi connectivity index (χ2n) is 7.52. The standard InChI is InChI=1S/C22H26N2O3SSi/c1-15(2)29(26,27)13-12-16-8-10-18(11-9-16)20(23)21(25)22-24-19(14-28-22)17-6-4-3-5-7-17/h3-11,14-15,20,26-27H,12-13,23H2,1-2H3. The van der Waals surface area contributed by atoms with Crippen molar-refractivity contribution in [2.75, 3.05) is 0 Å². The van der Waals surface area contributed by atoms with Crippen molar-refractivity contribution in [3.63, 3.8) is 0 Å². The van der Waals surface area contributed by atoms with Gasteiger partial charge in [-0.15, -0.1) is 11.3 Å². The Morgan fingerprint density at radius 3 is 2.38 bits per heavy atom. The molecular formula is C22H26N2O3SSi. The Morgan fingerprint density at radius 2 is 1.76 bits per heavy atom. The lowest BCUT2D eigenvalue weighted by atomic mass is 10.0. The summed E-state index contributed by atoms with van der Waals surface area (Å²) in [5, 5.41) is 2.27. The van der Waals surface area contributed by atoms with Crippen molar-refractivity contribution in [3.05, 3.63) is 76.1 Å². The number of nitrogens with zero attached hydrogens (tertiary/aromatic N) is 1. The second kappa shape index (κ2) is 9.11. The van der Waals surface area contributed by atoms with E-state index in [1.807, 2.05) is 73.8 Å². The lowest BCUT2D eigenvalue weighted by Gasteiger charge is -2.21. The molecule has 0 saturated carbocycles. The van der Waals surface area contributed by atoms with E-state index in [-0.39, 0.29) is 11.3 Å². The van der Waals surface area contributed by atoms with E-state index in [1.165, 1.54) is 11.3 Å². The number of Topliss-reactive ketones (excluding diaryl/α,β-unsaturated/α-hetero) is 1. The average Bonchev–Trinajstić information content (AvgIpc) is 3.22. The predicted octanol–water partition coefficient (Wildman–Crippen LogP) is 4.07. The Balaban J connectivity index is 1.66. The first-order chi connectivity index (χ1) is 13.8. The van der Waals surface area contributed by atoms with Gasteiger partial charge < -0.3 is 15.3 Å². The highest BCUT2D eigenvalue weighted by atomic mass is 32.1. The van der Waals surface area contributed by atoms with Crippen LogP contribution in [0.5, 0.6) is 0 Å². The number of hydrogen-bond donors (Lipinski definition) is 3. The zero-order chi connectivity index (χ0) is 21.0. The monoisotopic (exact) mass is 426 g/mol. The summed E-state index contributed by atoms with van der Waals surface area (Å²) >= 11 is 1.30.